The number of fused-ring (bicyclic) bond motifs is 2. The van der Waals surface area contributed by atoms with Gasteiger partial charge in [0.15, 0.2) is 5.84 Å². The summed E-state index contributed by atoms with van der Waals surface area (Å²) in [7, 11) is -4.05. The van der Waals surface area contributed by atoms with Gasteiger partial charge in [0, 0.05) is 11.6 Å². The molecule has 4 aromatic rings. The second-order valence-corrected chi connectivity index (χ2v) is 9.52. The predicted octanol–water partition coefficient (Wildman–Crippen LogP) is 2.48. The van der Waals surface area contributed by atoms with Gasteiger partial charge >= 0.3 is 0 Å². The van der Waals surface area contributed by atoms with Crippen LogP contribution in [0.4, 0.5) is 5.69 Å². The first-order valence-corrected chi connectivity index (χ1v) is 11.5. The molecule has 1 aliphatic rings. The molecule has 0 radical (unpaired) electrons. The molecule has 2 N–H and O–H groups in total. The molecule has 0 bridgehead atoms. The fraction of sp³-hybridized carbons (Fsp3) is 0.100. The quantitative estimate of drug-likeness (QED) is 0.488. The number of nitrogens with one attached hydrogen (secondary N) is 1. The molecule has 0 unspecified atom stereocenters. The van der Waals surface area contributed by atoms with E-state index in [1.807, 2.05) is 12.3 Å². The Balaban J connectivity index is 1.77. The Morgan fingerprint density at radius 3 is 2.77 bits per heavy atom. The first-order valence-electron chi connectivity index (χ1n) is 9.18. The van der Waals surface area contributed by atoms with E-state index < -0.39 is 15.6 Å². The summed E-state index contributed by atoms with van der Waals surface area (Å²) in [6.45, 7) is 1.97. The Hall–Kier alpha value is -3.57. The first kappa shape index (κ1) is 19.4. The summed E-state index contributed by atoms with van der Waals surface area (Å²) in [6, 6.07) is 9.46. The van der Waals surface area contributed by atoms with E-state index in [4.69, 9.17) is 0 Å². The van der Waals surface area contributed by atoms with Crippen LogP contribution in [0.5, 0.6) is 5.75 Å². The van der Waals surface area contributed by atoms with Gasteiger partial charge in [0.25, 0.3) is 15.6 Å². The van der Waals surface area contributed by atoms with Gasteiger partial charge in [-0.15, -0.1) is 15.7 Å². The molecule has 11 heteroatoms. The number of thiazole rings is 1. The molecule has 0 aliphatic carbocycles. The predicted molar refractivity (Wildman–Crippen MR) is 117 cm³/mol. The van der Waals surface area contributed by atoms with E-state index in [1.54, 1.807) is 30.3 Å². The van der Waals surface area contributed by atoms with Crippen LogP contribution in [0.25, 0.3) is 11.0 Å². The highest BCUT2D eigenvalue weighted by atomic mass is 32.2. The van der Waals surface area contributed by atoms with Crippen LogP contribution in [0.15, 0.2) is 62.1 Å². The standard InChI is InChI=1S/C20H15N5O4S2/c1-11-22-12(10-30-11)9-25-19-13(5-4-8-21-19)17(26)16(20(25)27)18-23-14-6-2-3-7-15(14)31(28,29)24-18/h2-8,10,26H,9H2,1H3,(H,23,24). The summed E-state index contributed by atoms with van der Waals surface area (Å²) in [6.07, 6.45) is 1.51. The van der Waals surface area contributed by atoms with Crippen molar-refractivity contribution in [2.45, 2.75) is 18.4 Å². The molecule has 0 saturated carbocycles. The van der Waals surface area contributed by atoms with E-state index >= 15 is 0 Å². The summed E-state index contributed by atoms with van der Waals surface area (Å²) in [4.78, 5) is 22.1. The zero-order valence-corrected chi connectivity index (χ0v) is 17.7. The number of amidine groups is 1. The van der Waals surface area contributed by atoms with Crippen molar-refractivity contribution < 1.29 is 13.5 Å². The SMILES string of the molecule is Cc1nc(Cn2c(=O)c(C3=NS(=O)(=O)c4ccccc4N3)c(O)c3cccnc32)cs1. The lowest BCUT2D eigenvalue weighted by atomic mass is 10.1. The number of hydrogen-bond acceptors (Lipinski definition) is 8. The normalized spacial score (nSPS) is 14.7. The Morgan fingerprint density at radius 1 is 1.19 bits per heavy atom. The number of nitrogens with zero attached hydrogens (tertiary/aromatic N) is 4. The van der Waals surface area contributed by atoms with Gasteiger partial charge in [0.2, 0.25) is 0 Å². The fourth-order valence-electron chi connectivity index (χ4n) is 3.49. The Bertz CT molecular complexity index is 1550. The third-order valence-corrected chi connectivity index (χ3v) is 7.00. The van der Waals surface area contributed by atoms with Gasteiger partial charge in [-0.05, 0) is 31.2 Å². The lowest BCUT2D eigenvalue weighted by Crippen LogP contribution is -2.33. The van der Waals surface area contributed by atoms with Crippen molar-refractivity contribution in [2.75, 3.05) is 5.32 Å². The van der Waals surface area contributed by atoms with Gasteiger partial charge in [0.1, 0.15) is 21.9 Å². The minimum absolute atomic E-state index is 0.000954. The number of hydrogen-bond donors (Lipinski definition) is 2. The average Bonchev–Trinajstić information content (AvgIpc) is 3.16. The largest absolute Gasteiger partial charge is 0.506 e. The summed E-state index contributed by atoms with van der Waals surface area (Å²) in [5.41, 5.74) is 0.323. The van der Waals surface area contributed by atoms with E-state index in [1.165, 1.54) is 28.2 Å². The van der Waals surface area contributed by atoms with Crippen LogP contribution in [0.1, 0.15) is 16.3 Å². The van der Waals surface area contributed by atoms with Crippen molar-refractivity contribution in [3.63, 3.8) is 0 Å². The van der Waals surface area contributed by atoms with Gasteiger partial charge in [-0.2, -0.15) is 8.42 Å². The minimum atomic E-state index is -4.05. The maximum Gasteiger partial charge on any atom is 0.286 e. The van der Waals surface area contributed by atoms with E-state index in [0.29, 0.717) is 11.1 Å². The number of aryl methyl sites for hydroxylation is 1. The Morgan fingerprint density at radius 2 is 2.00 bits per heavy atom. The zero-order chi connectivity index (χ0) is 21.8. The van der Waals surface area contributed by atoms with E-state index in [9.17, 15) is 18.3 Å². The number of anilines is 1. The van der Waals surface area contributed by atoms with Gasteiger partial charge in [-0.25, -0.2) is 9.97 Å². The van der Waals surface area contributed by atoms with Crippen LogP contribution < -0.4 is 10.9 Å². The average molecular weight is 454 g/mol. The van der Waals surface area contributed by atoms with Gasteiger partial charge < -0.3 is 10.4 Å². The van der Waals surface area contributed by atoms with E-state index in [-0.39, 0.29) is 39.9 Å². The number of para-hydroxylation sites is 1. The zero-order valence-electron chi connectivity index (χ0n) is 16.1. The molecule has 156 valence electrons. The van der Waals surface area contributed by atoms with Crippen molar-refractivity contribution in [3.8, 4) is 5.75 Å². The molecule has 0 amide bonds. The maximum atomic E-state index is 13.5. The van der Waals surface area contributed by atoms with E-state index in [0.717, 1.165) is 5.01 Å². The lowest BCUT2D eigenvalue weighted by Gasteiger charge is -2.20. The minimum Gasteiger partial charge on any atom is -0.506 e. The number of sulfonamides is 1. The topological polar surface area (TPSA) is 127 Å². The second kappa shape index (κ2) is 7.00. The van der Waals surface area contributed by atoms with Crippen LogP contribution in [0, 0.1) is 6.92 Å². The van der Waals surface area contributed by atoms with Gasteiger partial charge in [-0.1, -0.05) is 12.1 Å². The van der Waals surface area contributed by atoms with Gasteiger partial charge in [-0.3, -0.25) is 9.36 Å². The van der Waals surface area contributed by atoms with Crippen LogP contribution in [-0.2, 0) is 16.6 Å². The van der Waals surface area contributed by atoms with Crippen LogP contribution >= 0.6 is 11.3 Å². The molecule has 5 rings (SSSR count). The molecule has 1 aromatic carbocycles. The van der Waals surface area contributed by atoms with Crippen LogP contribution in [0.2, 0.25) is 0 Å². The molecule has 0 atom stereocenters. The third kappa shape index (κ3) is 3.18. The highest BCUT2D eigenvalue weighted by Gasteiger charge is 2.30. The summed E-state index contributed by atoms with van der Waals surface area (Å²) in [5, 5.41) is 16.8. The molecule has 0 spiro atoms. The Kier molecular flexibility index (Phi) is 4.38. The number of benzene rings is 1. The highest BCUT2D eigenvalue weighted by molar-refractivity contribution is 7.90. The molecule has 31 heavy (non-hydrogen) atoms. The molecular weight excluding hydrogens is 438 g/mol. The first-order chi connectivity index (χ1) is 14.8. The fourth-order valence-corrected chi connectivity index (χ4v) is 5.22. The summed E-state index contributed by atoms with van der Waals surface area (Å²) >= 11 is 1.45. The molecule has 0 saturated heterocycles. The molecular formula is C20H15N5O4S2. The van der Waals surface area contributed by atoms with Crippen molar-refractivity contribution in [1.29, 1.82) is 0 Å². The number of pyridine rings is 2. The second-order valence-electron chi connectivity index (χ2n) is 6.88. The molecule has 0 fully saturated rings. The van der Waals surface area contributed by atoms with Crippen molar-refractivity contribution in [3.05, 3.63) is 74.6 Å². The molecule has 1 aliphatic heterocycles. The summed E-state index contributed by atoms with van der Waals surface area (Å²) in [5.74, 6) is -0.630. The molecule has 9 nitrogen and oxygen atoms in total. The van der Waals surface area contributed by atoms with Crippen molar-refractivity contribution in [1.82, 2.24) is 14.5 Å². The van der Waals surface area contributed by atoms with Gasteiger partial charge in [0.05, 0.1) is 28.3 Å². The smallest absolute Gasteiger partial charge is 0.286 e. The number of aromatic hydroxyl groups is 1. The van der Waals surface area contributed by atoms with Crippen LogP contribution in [0.3, 0.4) is 0 Å². The summed E-state index contributed by atoms with van der Waals surface area (Å²) < 4.78 is 30.5. The van der Waals surface area contributed by atoms with Crippen LogP contribution in [-0.4, -0.2) is 33.9 Å². The highest BCUT2D eigenvalue weighted by Crippen LogP contribution is 2.31. The molecule has 3 aromatic heterocycles. The molecule has 4 heterocycles. The van der Waals surface area contributed by atoms with E-state index in [2.05, 4.69) is 19.7 Å². The monoisotopic (exact) mass is 453 g/mol. The maximum absolute atomic E-state index is 13.5. The number of rotatable bonds is 3. The van der Waals surface area contributed by atoms with Crippen molar-refractivity contribution >= 4 is 43.9 Å². The third-order valence-electron chi connectivity index (χ3n) is 4.85. The number of aromatic nitrogens is 3. The Labute approximate surface area is 180 Å². The van der Waals surface area contributed by atoms with Crippen molar-refractivity contribution in [2.24, 2.45) is 4.40 Å². The lowest BCUT2D eigenvalue weighted by molar-refractivity contribution is 0.477.